The summed E-state index contributed by atoms with van der Waals surface area (Å²) in [4.78, 5) is 0. The number of rotatable bonds is 4. The van der Waals surface area contributed by atoms with Gasteiger partial charge >= 0.3 is 0 Å². The second-order valence-electron chi connectivity index (χ2n) is 2.18. The summed E-state index contributed by atoms with van der Waals surface area (Å²) in [7, 11) is -2.50. The van der Waals surface area contributed by atoms with Crippen molar-refractivity contribution in [3.8, 4) is 0 Å². The number of ether oxygens (including phenoxy) is 1. The fourth-order valence-corrected chi connectivity index (χ4v) is 1.01. The normalized spacial score (nSPS) is 15.2. The Hall–Kier alpha value is 0.110. The average Bonchev–Trinajstić information content (AvgIpc) is 1.59. The molecule has 0 bridgehead atoms. The minimum Gasteiger partial charge on any atom is -0.340 e. The molecule has 1 unspecified atom stereocenters. The molecular formula is C5H14NO3P. The molecule has 0 aromatic rings. The van der Waals surface area contributed by atoms with Gasteiger partial charge in [0.15, 0.2) is 0 Å². The van der Waals surface area contributed by atoms with Gasteiger partial charge in [0.05, 0.1) is 0 Å². The molecule has 0 saturated carbocycles. The maximum Gasteiger partial charge on any atom is 0.219 e. The van der Waals surface area contributed by atoms with Gasteiger partial charge in [-0.15, -0.1) is 0 Å². The first-order chi connectivity index (χ1) is 4.45. The summed E-state index contributed by atoms with van der Waals surface area (Å²) < 4.78 is 20.5. The van der Waals surface area contributed by atoms with Gasteiger partial charge in [0.2, 0.25) is 13.8 Å². The standard InChI is InChI=1S/C5H14NO3P/c1-4-8-5(6)9-10(2,3)7/h5H,4,6H2,1-3H3. The molecule has 0 spiro atoms. The van der Waals surface area contributed by atoms with Crippen molar-refractivity contribution in [1.82, 2.24) is 0 Å². The highest BCUT2D eigenvalue weighted by Crippen LogP contribution is 2.37. The zero-order valence-corrected chi connectivity index (χ0v) is 7.43. The highest BCUT2D eigenvalue weighted by molar-refractivity contribution is 7.57. The molecule has 0 heterocycles. The van der Waals surface area contributed by atoms with Crippen molar-refractivity contribution in [3.63, 3.8) is 0 Å². The molecule has 0 radical (unpaired) electrons. The van der Waals surface area contributed by atoms with Crippen LogP contribution in [-0.2, 0) is 13.8 Å². The minimum absolute atomic E-state index is 0.459. The molecule has 0 aliphatic heterocycles. The molecule has 0 aliphatic rings. The molecule has 1 atom stereocenters. The van der Waals surface area contributed by atoms with Crippen molar-refractivity contribution >= 4 is 7.37 Å². The van der Waals surface area contributed by atoms with Crippen LogP contribution in [0.3, 0.4) is 0 Å². The summed E-state index contributed by atoms with van der Waals surface area (Å²) in [5.41, 5.74) is 5.25. The second kappa shape index (κ2) is 4.09. The lowest BCUT2D eigenvalue weighted by Crippen LogP contribution is -2.25. The van der Waals surface area contributed by atoms with Crippen molar-refractivity contribution in [1.29, 1.82) is 0 Å². The van der Waals surface area contributed by atoms with E-state index in [1.165, 1.54) is 13.3 Å². The van der Waals surface area contributed by atoms with Crippen LogP contribution in [0.2, 0.25) is 0 Å². The number of hydrogen-bond acceptors (Lipinski definition) is 4. The molecule has 0 rings (SSSR count). The van der Waals surface area contributed by atoms with Crippen molar-refractivity contribution in [2.75, 3.05) is 19.9 Å². The summed E-state index contributed by atoms with van der Waals surface area (Å²) in [5, 5.41) is 0. The van der Waals surface area contributed by atoms with E-state index < -0.39 is 13.8 Å². The Morgan fingerprint density at radius 3 is 2.40 bits per heavy atom. The van der Waals surface area contributed by atoms with Gasteiger partial charge in [-0.25, -0.2) is 0 Å². The van der Waals surface area contributed by atoms with Gasteiger partial charge in [-0.05, 0) is 6.92 Å². The molecular weight excluding hydrogens is 153 g/mol. The topological polar surface area (TPSA) is 61.6 Å². The third-order valence-electron chi connectivity index (χ3n) is 0.689. The SMILES string of the molecule is CCOC(N)OP(C)(C)=O. The lowest BCUT2D eigenvalue weighted by molar-refractivity contribution is -0.0676. The Morgan fingerprint density at radius 2 is 2.10 bits per heavy atom. The lowest BCUT2D eigenvalue weighted by atomic mass is 10.9. The summed E-state index contributed by atoms with van der Waals surface area (Å²) in [5.74, 6) is 0. The van der Waals surface area contributed by atoms with E-state index in [0.29, 0.717) is 6.61 Å². The molecule has 62 valence electrons. The fourth-order valence-electron chi connectivity index (χ4n) is 0.445. The first kappa shape index (κ1) is 10.1. The molecule has 2 N–H and O–H groups in total. The number of hydrogen-bond donors (Lipinski definition) is 1. The van der Waals surface area contributed by atoms with Crippen LogP contribution in [-0.4, -0.2) is 26.4 Å². The summed E-state index contributed by atoms with van der Waals surface area (Å²) in [6, 6.07) is 0. The highest BCUT2D eigenvalue weighted by Gasteiger charge is 2.12. The van der Waals surface area contributed by atoms with Gasteiger partial charge in [0.1, 0.15) is 0 Å². The van der Waals surface area contributed by atoms with Gasteiger partial charge in [-0.2, -0.15) is 0 Å². The molecule has 0 amide bonds. The van der Waals surface area contributed by atoms with Crippen LogP contribution in [0, 0.1) is 0 Å². The predicted molar refractivity (Wildman–Crippen MR) is 40.1 cm³/mol. The Kier molecular flexibility index (Phi) is 4.13. The molecule has 0 saturated heterocycles. The van der Waals surface area contributed by atoms with E-state index in [2.05, 4.69) is 0 Å². The molecule has 4 nitrogen and oxygen atoms in total. The van der Waals surface area contributed by atoms with Crippen LogP contribution < -0.4 is 5.73 Å². The largest absolute Gasteiger partial charge is 0.340 e. The Bertz CT molecular complexity index is 133. The Labute approximate surface area is 61.1 Å². The van der Waals surface area contributed by atoms with E-state index in [1.54, 1.807) is 6.92 Å². The first-order valence-electron chi connectivity index (χ1n) is 3.06. The third-order valence-corrected chi connectivity index (χ3v) is 1.40. The van der Waals surface area contributed by atoms with Crippen LogP contribution in [0.1, 0.15) is 6.92 Å². The summed E-state index contributed by atoms with van der Waals surface area (Å²) in [6.45, 7) is 5.23. The highest BCUT2D eigenvalue weighted by atomic mass is 31.2. The van der Waals surface area contributed by atoms with Crippen LogP contribution in [0.5, 0.6) is 0 Å². The molecule has 5 heteroatoms. The van der Waals surface area contributed by atoms with Crippen LogP contribution in [0.25, 0.3) is 0 Å². The number of nitrogens with two attached hydrogens (primary N) is 1. The van der Waals surface area contributed by atoms with E-state index in [4.69, 9.17) is 15.0 Å². The molecule has 0 aromatic heterocycles. The first-order valence-corrected chi connectivity index (χ1v) is 5.58. The van der Waals surface area contributed by atoms with Crippen molar-refractivity contribution in [2.45, 2.75) is 13.3 Å². The van der Waals surface area contributed by atoms with Gasteiger partial charge in [-0.1, -0.05) is 0 Å². The van der Waals surface area contributed by atoms with Crippen molar-refractivity contribution < 1.29 is 13.8 Å². The van der Waals surface area contributed by atoms with E-state index in [1.807, 2.05) is 0 Å². The maximum atomic E-state index is 10.9. The molecule has 0 aliphatic carbocycles. The van der Waals surface area contributed by atoms with E-state index in [-0.39, 0.29) is 0 Å². The van der Waals surface area contributed by atoms with E-state index >= 15 is 0 Å². The van der Waals surface area contributed by atoms with Gasteiger partial charge < -0.3 is 4.74 Å². The van der Waals surface area contributed by atoms with Crippen LogP contribution >= 0.6 is 7.37 Å². The second-order valence-corrected chi connectivity index (χ2v) is 4.90. The van der Waals surface area contributed by atoms with Crippen LogP contribution in [0.15, 0.2) is 0 Å². The zero-order chi connectivity index (χ0) is 8.20. The monoisotopic (exact) mass is 167 g/mol. The molecule has 0 aromatic carbocycles. The maximum absolute atomic E-state index is 10.9. The Balaban J connectivity index is 3.58. The quantitative estimate of drug-likeness (QED) is 0.497. The third kappa shape index (κ3) is 6.23. The van der Waals surface area contributed by atoms with Crippen molar-refractivity contribution in [3.05, 3.63) is 0 Å². The van der Waals surface area contributed by atoms with Gasteiger partial charge in [0.25, 0.3) is 0 Å². The summed E-state index contributed by atoms with van der Waals surface area (Å²) in [6.07, 6.45) is -0.856. The van der Waals surface area contributed by atoms with Crippen molar-refractivity contribution in [2.24, 2.45) is 5.73 Å². The van der Waals surface area contributed by atoms with Gasteiger partial charge in [0, 0.05) is 19.9 Å². The fraction of sp³-hybridized carbons (Fsp3) is 1.00. The predicted octanol–water partition coefficient (Wildman–Crippen LogP) is 0.820. The Morgan fingerprint density at radius 1 is 1.60 bits per heavy atom. The van der Waals surface area contributed by atoms with Crippen LogP contribution in [0.4, 0.5) is 0 Å². The lowest BCUT2D eigenvalue weighted by Gasteiger charge is -2.14. The van der Waals surface area contributed by atoms with Gasteiger partial charge in [-0.3, -0.25) is 14.8 Å². The summed E-state index contributed by atoms with van der Waals surface area (Å²) >= 11 is 0. The van der Waals surface area contributed by atoms with E-state index in [0.717, 1.165) is 0 Å². The molecule has 0 fully saturated rings. The minimum atomic E-state index is -2.50. The van der Waals surface area contributed by atoms with E-state index in [9.17, 15) is 4.57 Å². The zero-order valence-electron chi connectivity index (χ0n) is 6.53. The molecule has 10 heavy (non-hydrogen) atoms. The smallest absolute Gasteiger partial charge is 0.219 e. The average molecular weight is 167 g/mol.